The molecule has 0 aromatic heterocycles. The predicted molar refractivity (Wildman–Crippen MR) is 83.1 cm³/mol. The summed E-state index contributed by atoms with van der Waals surface area (Å²) in [6, 6.07) is 0. The van der Waals surface area contributed by atoms with Crippen molar-refractivity contribution in [2.24, 2.45) is 5.41 Å². The molecule has 0 radical (unpaired) electrons. The molecule has 0 amide bonds. The lowest BCUT2D eigenvalue weighted by Gasteiger charge is -2.52. The van der Waals surface area contributed by atoms with Gasteiger partial charge in [-0.3, -0.25) is 4.84 Å². The van der Waals surface area contributed by atoms with Crippen LogP contribution in [0.1, 0.15) is 86.5 Å². The first-order chi connectivity index (χ1) is 8.81. The molecule has 1 saturated heterocycles. The van der Waals surface area contributed by atoms with Crippen LogP contribution in [0, 0.1) is 5.41 Å². The molecule has 1 atom stereocenters. The van der Waals surface area contributed by atoms with Gasteiger partial charge in [0.1, 0.15) is 0 Å². The predicted octanol–water partition coefficient (Wildman–Crippen LogP) is 5.18. The molecular formula is C17H35NO. The van der Waals surface area contributed by atoms with Gasteiger partial charge in [0, 0.05) is 12.1 Å². The van der Waals surface area contributed by atoms with E-state index in [4.69, 9.17) is 4.84 Å². The van der Waals surface area contributed by atoms with Crippen LogP contribution >= 0.6 is 0 Å². The second kappa shape index (κ2) is 7.08. The summed E-state index contributed by atoms with van der Waals surface area (Å²) < 4.78 is 0. The minimum Gasteiger partial charge on any atom is -0.295 e. The number of hydrogen-bond donors (Lipinski definition) is 0. The Balaban J connectivity index is 2.42. The summed E-state index contributed by atoms with van der Waals surface area (Å²) in [4.78, 5) is 6.26. The zero-order chi connectivity index (χ0) is 14.5. The summed E-state index contributed by atoms with van der Waals surface area (Å²) in [5.74, 6) is 0. The molecule has 0 N–H and O–H groups in total. The lowest BCUT2D eigenvalue weighted by Crippen LogP contribution is -2.58. The quantitative estimate of drug-likeness (QED) is 0.591. The van der Waals surface area contributed by atoms with Gasteiger partial charge in [0.15, 0.2) is 0 Å². The Morgan fingerprint density at radius 3 is 2.42 bits per heavy atom. The molecule has 2 nitrogen and oxygen atoms in total. The molecule has 1 unspecified atom stereocenters. The van der Waals surface area contributed by atoms with Gasteiger partial charge < -0.3 is 0 Å². The van der Waals surface area contributed by atoms with E-state index in [1.165, 1.54) is 44.9 Å². The maximum absolute atomic E-state index is 6.26. The second-order valence-electron chi connectivity index (χ2n) is 7.41. The molecule has 0 aromatic rings. The second-order valence-corrected chi connectivity index (χ2v) is 7.41. The fourth-order valence-electron chi connectivity index (χ4n) is 2.90. The van der Waals surface area contributed by atoms with Gasteiger partial charge in [-0.2, -0.15) is 5.06 Å². The van der Waals surface area contributed by atoms with Crippen molar-refractivity contribution in [1.29, 1.82) is 0 Å². The van der Waals surface area contributed by atoms with E-state index in [2.05, 4.69) is 46.6 Å². The van der Waals surface area contributed by atoms with Crippen molar-refractivity contribution in [2.45, 2.75) is 98.1 Å². The van der Waals surface area contributed by atoms with E-state index < -0.39 is 0 Å². The Labute approximate surface area is 120 Å². The van der Waals surface area contributed by atoms with Crippen LogP contribution in [-0.2, 0) is 4.84 Å². The molecule has 1 rings (SSSR count). The Morgan fingerprint density at radius 1 is 1.11 bits per heavy atom. The summed E-state index contributed by atoms with van der Waals surface area (Å²) in [6.07, 6.45) is 9.39. The summed E-state index contributed by atoms with van der Waals surface area (Å²) in [6.45, 7) is 15.0. The lowest BCUT2D eigenvalue weighted by atomic mass is 9.69. The normalized spacial score (nSPS) is 24.3. The van der Waals surface area contributed by atoms with E-state index in [9.17, 15) is 0 Å². The summed E-state index contributed by atoms with van der Waals surface area (Å²) in [5, 5.41) is 2.26. The summed E-state index contributed by atoms with van der Waals surface area (Å²) in [7, 11) is 0. The molecule has 0 bridgehead atoms. The molecule has 0 spiro atoms. The van der Waals surface area contributed by atoms with Crippen LogP contribution in [0.4, 0.5) is 0 Å². The van der Waals surface area contributed by atoms with Crippen LogP contribution in [-0.4, -0.2) is 23.3 Å². The van der Waals surface area contributed by atoms with Gasteiger partial charge in [0.2, 0.25) is 0 Å². The zero-order valence-corrected chi connectivity index (χ0v) is 14.1. The number of hydrogen-bond acceptors (Lipinski definition) is 2. The molecular weight excluding hydrogens is 234 g/mol. The first-order valence-corrected chi connectivity index (χ1v) is 8.25. The summed E-state index contributed by atoms with van der Waals surface area (Å²) in [5.41, 5.74) is 0.454. The molecule has 0 saturated carbocycles. The third-order valence-corrected chi connectivity index (χ3v) is 5.21. The zero-order valence-electron chi connectivity index (χ0n) is 14.1. The number of hydroxylamine groups is 2. The van der Waals surface area contributed by atoms with Crippen LogP contribution in [0.3, 0.4) is 0 Å². The van der Waals surface area contributed by atoms with Crippen LogP contribution in [0.15, 0.2) is 0 Å². The lowest BCUT2D eigenvalue weighted by molar-refractivity contribution is -0.280. The number of piperidine rings is 1. The fourth-order valence-corrected chi connectivity index (χ4v) is 2.90. The first kappa shape index (κ1) is 17.0. The van der Waals surface area contributed by atoms with Gasteiger partial charge in [-0.05, 0) is 45.4 Å². The van der Waals surface area contributed by atoms with Crippen molar-refractivity contribution >= 4 is 0 Å². The average Bonchev–Trinajstić information content (AvgIpc) is 2.31. The average molecular weight is 269 g/mol. The van der Waals surface area contributed by atoms with Crippen molar-refractivity contribution in [3.8, 4) is 0 Å². The van der Waals surface area contributed by atoms with E-state index in [0.29, 0.717) is 11.5 Å². The van der Waals surface area contributed by atoms with Gasteiger partial charge >= 0.3 is 0 Å². The number of nitrogens with zero attached hydrogens (tertiary/aromatic N) is 1. The molecule has 1 aliphatic rings. The Bertz CT molecular complexity index is 260. The largest absolute Gasteiger partial charge is 0.295 e. The highest BCUT2D eigenvalue weighted by molar-refractivity contribution is 4.95. The van der Waals surface area contributed by atoms with Crippen molar-refractivity contribution in [3.05, 3.63) is 0 Å². The van der Waals surface area contributed by atoms with Crippen molar-refractivity contribution in [1.82, 2.24) is 5.06 Å². The fraction of sp³-hybridized carbons (Fsp3) is 1.00. The van der Waals surface area contributed by atoms with Crippen LogP contribution in [0.2, 0.25) is 0 Å². The minimum atomic E-state index is 0.128. The van der Waals surface area contributed by atoms with E-state index >= 15 is 0 Å². The molecule has 2 heteroatoms. The van der Waals surface area contributed by atoms with Crippen molar-refractivity contribution in [3.63, 3.8) is 0 Å². The molecule has 114 valence electrons. The third-order valence-electron chi connectivity index (χ3n) is 5.21. The smallest absolute Gasteiger partial charge is 0.0765 e. The Kier molecular flexibility index (Phi) is 6.32. The number of unbranched alkanes of at least 4 members (excludes halogenated alkanes) is 3. The highest BCUT2D eigenvalue weighted by Crippen LogP contribution is 2.43. The third kappa shape index (κ3) is 4.46. The Hall–Kier alpha value is -0.0800. The number of rotatable bonds is 7. The highest BCUT2D eigenvalue weighted by Gasteiger charge is 2.45. The molecule has 0 aromatic carbocycles. The van der Waals surface area contributed by atoms with Crippen LogP contribution < -0.4 is 0 Å². The highest BCUT2D eigenvalue weighted by atomic mass is 16.7. The summed E-state index contributed by atoms with van der Waals surface area (Å²) >= 11 is 0. The van der Waals surface area contributed by atoms with Gasteiger partial charge in [-0.1, -0.05) is 46.5 Å². The van der Waals surface area contributed by atoms with E-state index in [1.54, 1.807) is 0 Å². The van der Waals surface area contributed by atoms with E-state index in [-0.39, 0.29) is 5.54 Å². The molecule has 19 heavy (non-hydrogen) atoms. The van der Waals surface area contributed by atoms with Crippen LogP contribution in [0.5, 0.6) is 0 Å². The van der Waals surface area contributed by atoms with E-state index in [1.807, 2.05) is 0 Å². The first-order valence-electron chi connectivity index (χ1n) is 8.25. The topological polar surface area (TPSA) is 12.5 Å². The standard InChI is InChI=1S/C17H35NO/c1-7-8-9-10-12-15(2)19-18-14-11-13-16(3,4)17(18,5)6/h15H,7-14H2,1-6H3. The molecule has 1 fully saturated rings. The van der Waals surface area contributed by atoms with Gasteiger partial charge in [0.05, 0.1) is 6.10 Å². The maximum Gasteiger partial charge on any atom is 0.0765 e. The van der Waals surface area contributed by atoms with Gasteiger partial charge in [0.25, 0.3) is 0 Å². The molecule has 0 aliphatic carbocycles. The monoisotopic (exact) mass is 269 g/mol. The van der Waals surface area contributed by atoms with Crippen molar-refractivity contribution < 1.29 is 4.84 Å². The molecule has 1 aliphatic heterocycles. The van der Waals surface area contributed by atoms with Gasteiger partial charge in [-0.25, -0.2) is 0 Å². The van der Waals surface area contributed by atoms with Gasteiger partial charge in [-0.15, -0.1) is 0 Å². The minimum absolute atomic E-state index is 0.128. The van der Waals surface area contributed by atoms with E-state index in [0.717, 1.165) is 6.54 Å². The SMILES string of the molecule is CCCCCCC(C)ON1CCCC(C)(C)C1(C)C. The molecule has 1 heterocycles. The van der Waals surface area contributed by atoms with Crippen LogP contribution in [0.25, 0.3) is 0 Å². The maximum atomic E-state index is 6.26. The Morgan fingerprint density at radius 2 is 1.79 bits per heavy atom. The van der Waals surface area contributed by atoms with Crippen molar-refractivity contribution in [2.75, 3.05) is 6.54 Å².